The van der Waals surface area contributed by atoms with Crippen LogP contribution in [0.15, 0.2) is 0 Å². The van der Waals surface area contributed by atoms with Crippen molar-refractivity contribution in [3.05, 3.63) is 0 Å². The Bertz CT molecular complexity index is 282. The van der Waals surface area contributed by atoms with Gasteiger partial charge in [0.2, 0.25) is 0 Å². The highest BCUT2D eigenvalue weighted by atomic mass is 19.4. The zero-order chi connectivity index (χ0) is 13.3. The summed E-state index contributed by atoms with van der Waals surface area (Å²) in [6.45, 7) is 0.243. The van der Waals surface area contributed by atoms with Crippen molar-refractivity contribution < 1.29 is 14.6 Å². The summed E-state index contributed by atoms with van der Waals surface area (Å²) in [6.07, 6.45) is 0.393. The van der Waals surface area contributed by atoms with Crippen LogP contribution in [-0.2, 0) is 0 Å². The van der Waals surface area contributed by atoms with E-state index in [1.165, 1.54) is 17.7 Å². The molecule has 1 aliphatic carbocycles. The predicted molar refractivity (Wildman–Crippen MR) is 66.4 cm³/mol. The minimum Gasteiger partial charge on any atom is -0.326 e. The molecule has 6 heteroatoms. The largest absolute Gasteiger partial charge is 0.401 e. The van der Waals surface area contributed by atoms with Crippen LogP contribution in [-0.4, -0.2) is 60.8 Å². The molecule has 1 heterocycles. The summed E-state index contributed by atoms with van der Waals surface area (Å²) in [7, 11) is 2.01. The zero-order valence-electron chi connectivity index (χ0n) is 10.8. The van der Waals surface area contributed by atoms with E-state index in [2.05, 4.69) is 4.90 Å². The molecule has 0 radical (unpaired) electrons. The highest BCUT2D eigenvalue weighted by Crippen LogP contribution is 2.27. The molecule has 2 rings (SSSR count). The SMILES string of the molecule is CN(C1CN(CC(F)(F)F)C1)[C@H]1CCCC[C@@H]1N.[HH]. The quantitative estimate of drug-likeness (QED) is 0.844. The Balaban J connectivity index is 0.00000180. The van der Waals surface area contributed by atoms with Gasteiger partial charge in [0, 0.05) is 32.6 Å². The standard InChI is InChI=1S/C12H22F3N3.H2/c1-17(11-5-3-2-4-10(11)16)9-6-18(7-9)8-12(13,14)15;/h9-11H,2-8,16H2,1H3;1H/t10-,11-;/m0./s1. The topological polar surface area (TPSA) is 32.5 Å². The van der Waals surface area contributed by atoms with Crippen molar-refractivity contribution in [1.29, 1.82) is 0 Å². The van der Waals surface area contributed by atoms with Crippen LogP contribution < -0.4 is 5.73 Å². The van der Waals surface area contributed by atoms with Crippen LogP contribution >= 0.6 is 0 Å². The maximum absolute atomic E-state index is 12.2. The van der Waals surface area contributed by atoms with E-state index in [1.807, 2.05) is 7.05 Å². The van der Waals surface area contributed by atoms with Gasteiger partial charge in [0.15, 0.2) is 0 Å². The van der Waals surface area contributed by atoms with Crippen molar-refractivity contribution in [2.45, 2.75) is 50.0 Å². The van der Waals surface area contributed by atoms with E-state index in [1.54, 1.807) is 0 Å². The molecule has 3 nitrogen and oxygen atoms in total. The van der Waals surface area contributed by atoms with Gasteiger partial charge in [-0.3, -0.25) is 9.80 Å². The van der Waals surface area contributed by atoms with Gasteiger partial charge in [0.1, 0.15) is 0 Å². The Kier molecular flexibility index (Phi) is 4.18. The van der Waals surface area contributed by atoms with Gasteiger partial charge in [-0.1, -0.05) is 12.8 Å². The number of halogens is 3. The summed E-state index contributed by atoms with van der Waals surface area (Å²) in [6, 6.07) is 0.763. The molecule has 0 aromatic rings. The predicted octanol–water partition coefficient (Wildman–Crippen LogP) is 1.68. The molecular weight excluding hydrogens is 243 g/mol. The molecule has 2 aliphatic rings. The summed E-state index contributed by atoms with van der Waals surface area (Å²) in [5.74, 6) is 0. The second-order valence-corrected chi connectivity index (χ2v) is 5.64. The van der Waals surface area contributed by atoms with E-state index in [0.29, 0.717) is 19.1 Å². The Labute approximate surface area is 108 Å². The Morgan fingerprint density at radius 1 is 1.28 bits per heavy atom. The van der Waals surface area contributed by atoms with Crippen LogP contribution in [0.25, 0.3) is 0 Å². The number of hydrogen-bond acceptors (Lipinski definition) is 3. The first-order chi connectivity index (χ1) is 8.37. The molecule has 0 spiro atoms. The highest BCUT2D eigenvalue weighted by Gasteiger charge is 2.40. The molecule has 0 unspecified atom stereocenters. The molecule has 108 valence electrons. The summed E-state index contributed by atoms with van der Waals surface area (Å²) in [5, 5.41) is 0. The lowest BCUT2D eigenvalue weighted by atomic mass is 9.88. The van der Waals surface area contributed by atoms with Gasteiger partial charge in [0.05, 0.1) is 6.54 Å². The van der Waals surface area contributed by atoms with Crippen LogP contribution in [0.2, 0.25) is 0 Å². The Hall–Kier alpha value is -0.330. The maximum Gasteiger partial charge on any atom is 0.401 e. The van der Waals surface area contributed by atoms with Crippen LogP contribution in [0.3, 0.4) is 0 Å². The second-order valence-electron chi connectivity index (χ2n) is 5.64. The van der Waals surface area contributed by atoms with E-state index >= 15 is 0 Å². The molecule has 2 fully saturated rings. The van der Waals surface area contributed by atoms with Crippen molar-refractivity contribution in [2.24, 2.45) is 5.73 Å². The fourth-order valence-electron chi connectivity index (χ4n) is 3.10. The summed E-state index contributed by atoms with van der Waals surface area (Å²) in [4.78, 5) is 3.66. The number of nitrogens with two attached hydrogens (primary N) is 1. The maximum atomic E-state index is 12.2. The number of likely N-dealkylation sites (tertiary alicyclic amines) is 1. The molecule has 18 heavy (non-hydrogen) atoms. The number of likely N-dealkylation sites (N-methyl/N-ethyl adjacent to an activating group) is 1. The normalized spacial score (nSPS) is 31.7. The minimum absolute atomic E-state index is 0. The average Bonchev–Trinajstić information content (AvgIpc) is 2.21. The average molecular weight is 267 g/mol. The van der Waals surface area contributed by atoms with Crippen LogP contribution in [0.4, 0.5) is 13.2 Å². The van der Waals surface area contributed by atoms with Gasteiger partial charge >= 0.3 is 6.18 Å². The number of rotatable bonds is 3. The lowest BCUT2D eigenvalue weighted by Gasteiger charge is -2.49. The van der Waals surface area contributed by atoms with E-state index in [0.717, 1.165) is 12.8 Å². The first-order valence-electron chi connectivity index (χ1n) is 6.63. The molecule has 1 saturated carbocycles. The Morgan fingerprint density at radius 3 is 2.44 bits per heavy atom. The molecule has 0 aromatic carbocycles. The molecule has 2 atom stereocenters. The van der Waals surface area contributed by atoms with Gasteiger partial charge in [-0.2, -0.15) is 13.2 Å². The van der Waals surface area contributed by atoms with Gasteiger partial charge < -0.3 is 5.73 Å². The lowest BCUT2D eigenvalue weighted by Crippen LogP contribution is -2.64. The van der Waals surface area contributed by atoms with Crippen LogP contribution in [0.1, 0.15) is 27.1 Å². The van der Waals surface area contributed by atoms with E-state index in [4.69, 9.17) is 5.73 Å². The van der Waals surface area contributed by atoms with Crippen LogP contribution in [0.5, 0.6) is 0 Å². The molecule has 0 amide bonds. The fourth-order valence-corrected chi connectivity index (χ4v) is 3.10. The summed E-state index contributed by atoms with van der Waals surface area (Å²) >= 11 is 0. The first kappa shape index (κ1) is 14.1. The number of nitrogens with zero attached hydrogens (tertiary/aromatic N) is 2. The zero-order valence-corrected chi connectivity index (χ0v) is 10.8. The molecule has 1 aliphatic heterocycles. The molecule has 2 N–H and O–H groups in total. The third kappa shape index (κ3) is 3.36. The number of alkyl halides is 3. The summed E-state index contributed by atoms with van der Waals surface area (Å²) < 4.78 is 36.6. The third-order valence-corrected chi connectivity index (χ3v) is 4.22. The highest BCUT2D eigenvalue weighted by molar-refractivity contribution is 4.94. The first-order valence-corrected chi connectivity index (χ1v) is 6.63. The van der Waals surface area contributed by atoms with Gasteiger partial charge in [-0.05, 0) is 19.9 Å². The summed E-state index contributed by atoms with van der Waals surface area (Å²) in [5.41, 5.74) is 6.10. The Morgan fingerprint density at radius 2 is 1.89 bits per heavy atom. The van der Waals surface area contributed by atoms with Gasteiger partial charge in [0.25, 0.3) is 0 Å². The third-order valence-electron chi connectivity index (χ3n) is 4.22. The van der Waals surface area contributed by atoms with E-state index in [-0.39, 0.29) is 13.5 Å². The molecule has 0 aromatic heterocycles. The smallest absolute Gasteiger partial charge is 0.326 e. The second kappa shape index (κ2) is 5.35. The van der Waals surface area contributed by atoms with E-state index in [9.17, 15) is 13.2 Å². The molecular formula is C12H24F3N3. The lowest BCUT2D eigenvalue weighted by molar-refractivity contribution is -0.161. The monoisotopic (exact) mass is 267 g/mol. The van der Waals surface area contributed by atoms with Crippen molar-refractivity contribution in [2.75, 3.05) is 26.7 Å². The fraction of sp³-hybridized carbons (Fsp3) is 1.00. The van der Waals surface area contributed by atoms with Crippen molar-refractivity contribution >= 4 is 0 Å². The van der Waals surface area contributed by atoms with Gasteiger partial charge in [-0.25, -0.2) is 0 Å². The van der Waals surface area contributed by atoms with E-state index < -0.39 is 12.7 Å². The minimum atomic E-state index is -4.08. The molecule has 1 saturated heterocycles. The number of hydrogen-bond donors (Lipinski definition) is 1. The molecule has 0 bridgehead atoms. The van der Waals surface area contributed by atoms with Crippen molar-refractivity contribution in [1.82, 2.24) is 9.80 Å². The van der Waals surface area contributed by atoms with Crippen molar-refractivity contribution in [3.8, 4) is 0 Å². The van der Waals surface area contributed by atoms with Crippen LogP contribution in [0, 0.1) is 0 Å². The van der Waals surface area contributed by atoms with Crippen molar-refractivity contribution in [3.63, 3.8) is 0 Å². The van der Waals surface area contributed by atoms with Gasteiger partial charge in [-0.15, -0.1) is 0 Å².